The van der Waals surface area contributed by atoms with Crippen molar-refractivity contribution in [1.29, 1.82) is 0 Å². The van der Waals surface area contributed by atoms with E-state index in [0.717, 1.165) is 42.4 Å². The molecule has 1 heterocycles. The summed E-state index contributed by atoms with van der Waals surface area (Å²) in [7, 11) is 4.93. The van der Waals surface area contributed by atoms with Gasteiger partial charge in [-0.25, -0.2) is 4.99 Å². The minimum Gasteiger partial charge on any atom is -0.497 e. The number of rotatable bonds is 11. The molecule has 8 heteroatoms. The Kier molecular flexibility index (Phi) is 11.4. The first-order valence-corrected chi connectivity index (χ1v) is 10.6. The number of nitrogens with zero attached hydrogens (tertiary/aromatic N) is 1. The number of nitrogens with one attached hydrogen (secondary N) is 2. The molecule has 0 radical (unpaired) electrons. The van der Waals surface area contributed by atoms with E-state index in [2.05, 4.69) is 22.8 Å². The van der Waals surface area contributed by atoms with Crippen molar-refractivity contribution in [3.8, 4) is 17.2 Å². The first-order chi connectivity index (χ1) is 15.7. The first-order valence-electron chi connectivity index (χ1n) is 10.6. The molecule has 3 rings (SSSR count). The van der Waals surface area contributed by atoms with Gasteiger partial charge in [0.15, 0.2) is 17.5 Å². The molecule has 0 saturated carbocycles. The number of benzene rings is 2. The van der Waals surface area contributed by atoms with Crippen LogP contribution < -0.4 is 24.8 Å². The van der Waals surface area contributed by atoms with Gasteiger partial charge >= 0.3 is 0 Å². The Balaban J connectivity index is 0.00000385. The first kappa shape index (κ1) is 26.4. The Morgan fingerprint density at radius 3 is 2.15 bits per heavy atom. The molecule has 0 amide bonds. The van der Waals surface area contributed by atoms with Crippen LogP contribution in [-0.2, 0) is 19.4 Å². The van der Waals surface area contributed by atoms with Crippen molar-refractivity contribution in [2.75, 3.05) is 34.4 Å². The number of ether oxygens (including phenoxy) is 3. The highest BCUT2D eigenvalue weighted by molar-refractivity contribution is 14.0. The van der Waals surface area contributed by atoms with Gasteiger partial charge in [-0.1, -0.05) is 18.2 Å². The third-order valence-corrected chi connectivity index (χ3v) is 4.98. The SMILES string of the molecule is COc1ccc(CCNC(=NCc2ccc(OC)c(OC)c2)NCCc2ccco2)cc1.I. The Bertz CT molecular complexity index is 976. The third-order valence-electron chi connectivity index (χ3n) is 4.98. The number of halogens is 1. The van der Waals surface area contributed by atoms with Crippen molar-refractivity contribution in [2.24, 2.45) is 4.99 Å². The van der Waals surface area contributed by atoms with Crippen molar-refractivity contribution in [3.05, 3.63) is 77.7 Å². The minimum atomic E-state index is 0. The monoisotopic (exact) mass is 565 g/mol. The third kappa shape index (κ3) is 8.53. The van der Waals surface area contributed by atoms with E-state index in [1.54, 1.807) is 27.6 Å². The Hall–Kier alpha value is -2.88. The molecule has 0 aliphatic rings. The average Bonchev–Trinajstić information content (AvgIpc) is 3.36. The smallest absolute Gasteiger partial charge is 0.191 e. The van der Waals surface area contributed by atoms with Crippen LogP contribution in [0, 0.1) is 0 Å². The summed E-state index contributed by atoms with van der Waals surface area (Å²) in [6, 6.07) is 17.8. The molecule has 0 bridgehead atoms. The van der Waals surface area contributed by atoms with Crippen molar-refractivity contribution in [2.45, 2.75) is 19.4 Å². The van der Waals surface area contributed by atoms with Crippen LogP contribution >= 0.6 is 24.0 Å². The van der Waals surface area contributed by atoms with E-state index in [-0.39, 0.29) is 24.0 Å². The van der Waals surface area contributed by atoms with Crippen LogP contribution in [-0.4, -0.2) is 40.4 Å². The molecular weight excluding hydrogens is 533 g/mol. The molecule has 2 aromatic carbocycles. The Morgan fingerprint density at radius 1 is 0.818 bits per heavy atom. The quantitative estimate of drug-likeness (QED) is 0.204. The zero-order valence-corrected chi connectivity index (χ0v) is 21.6. The van der Waals surface area contributed by atoms with Gasteiger partial charge in [-0.15, -0.1) is 24.0 Å². The molecule has 33 heavy (non-hydrogen) atoms. The molecule has 1 aromatic heterocycles. The molecule has 0 spiro atoms. The van der Waals surface area contributed by atoms with Crippen LogP contribution in [0.15, 0.2) is 70.3 Å². The molecule has 0 saturated heterocycles. The van der Waals surface area contributed by atoms with Gasteiger partial charge in [0, 0.05) is 19.5 Å². The van der Waals surface area contributed by atoms with E-state index in [1.807, 2.05) is 42.5 Å². The fraction of sp³-hybridized carbons (Fsp3) is 0.320. The highest BCUT2D eigenvalue weighted by Crippen LogP contribution is 2.27. The summed E-state index contributed by atoms with van der Waals surface area (Å²) in [4.78, 5) is 4.75. The summed E-state index contributed by atoms with van der Waals surface area (Å²) >= 11 is 0. The summed E-state index contributed by atoms with van der Waals surface area (Å²) in [6.07, 6.45) is 3.34. The van der Waals surface area contributed by atoms with Gasteiger partial charge in [0.25, 0.3) is 0 Å². The van der Waals surface area contributed by atoms with Gasteiger partial charge in [-0.05, 0) is 53.9 Å². The second-order valence-corrected chi connectivity index (χ2v) is 7.14. The molecule has 0 atom stereocenters. The fourth-order valence-electron chi connectivity index (χ4n) is 3.20. The lowest BCUT2D eigenvalue weighted by Gasteiger charge is -2.13. The second-order valence-electron chi connectivity index (χ2n) is 7.14. The Labute approximate surface area is 212 Å². The minimum absolute atomic E-state index is 0. The molecule has 0 unspecified atom stereocenters. The molecule has 3 aromatic rings. The highest BCUT2D eigenvalue weighted by atomic mass is 127. The molecule has 0 aliphatic carbocycles. The lowest BCUT2D eigenvalue weighted by molar-refractivity contribution is 0.354. The maximum atomic E-state index is 5.41. The van der Waals surface area contributed by atoms with Crippen molar-refractivity contribution in [1.82, 2.24) is 10.6 Å². The molecule has 7 nitrogen and oxygen atoms in total. The molecule has 0 aliphatic heterocycles. The van der Waals surface area contributed by atoms with Crippen molar-refractivity contribution >= 4 is 29.9 Å². The standard InChI is InChI=1S/C25H31N3O4.HI/c1-29-21-9-6-19(7-10-21)12-14-26-25(27-15-13-22-5-4-16-32-22)28-18-20-8-11-23(30-2)24(17-20)31-3;/h4-11,16-17H,12-15,18H2,1-3H3,(H2,26,27,28);1H. The maximum Gasteiger partial charge on any atom is 0.191 e. The van der Waals surface area contributed by atoms with Crippen molar-refractivity contribution in [3.63, 3.8) is 0 Å². The number of guanidine groups is 1. The summed E-state index contributed by atoms with van der Waals surface area (Å²) in [5.74, 6) is 3.95. The predicted molar refractivity (Wildman–Crippen MR) is 141 cm³/mol. The molecule has 2 N–H and O–H groups in total. The van der Waals surface area contributed by atoms with Gasteiger partial charge in [0.1, 0.15) is 11.5 Å². The largest absolute Gasteiger partial charge is 0.497 e. The van der Waals surface area contributed by atoms with Crippen LogP contribution in [0.3, 0.4) is 0 Å². The van der Waals surface area contributed by atoms with E-state index < -0.39 is 0 Å². The van der Waals surface area contributed by atoms with Gasteiger partial charge in [-0.2, -0.15) is 0 Å². The van der Waals surface area contributed by atoms with Crippen LogP contribution in [0.2, 0.25) is 0 Å². The van der Waals surface area contributed by atoms with Gasteiger partial charge in [0.2, 0.25) is 0 Å². The Morgan fingerprint density at radius 2 is 1.52 bits per heavy atom. The summed E-state index contributed by atoms with van der Waals surface area (Å²) in [5, 5.41) is 6.81. The number of hydrogen-bond acceptors (Lipinski definition) is 5. The maximum absolute atomic E-state index is 5.41. The van der Waals surface area contributed by atoms with E-state index in [4.69, 9.17) is 23.6 Å². The van der Waals surface area contributed by atoms with Crippen molar-refractivity contribution < 1.29 is 18.6 Å². The van der Waals surface area contributed by atoms with Crippen LogP contribution in [0.4, 0.5) is 0 Å². The van der Waals surface area contributed by atoms with E-state index in [0.29, 0.717) is 24.6 Å². The number of furan rings is 1. The zero-order valence-electron chi connectivity index (χ0n) is 19.3. The molecule has 178 valence electrons. The van der Waals surface area contributed by atoms with E-state index in [1.165, 1.54) is 5.56 Å². The second kappa shape index (κ2) is 14.3. The average molecular weight is 565 g/mol. The normalized spacial score (nSPS) is 10.8. The van der Waals surface area contributed by atoms with Crippen LogP contribution in [0.5, 0.6) is 17.2 Å². The fourth-order valence-corrected chi connectivity index (χ4v) is 3.20. The van der Waals surface area contributed by atoms with E-state index >= 15 is 0 Å². The van der Waals surface area contributed by atoms with Crippen LogP contribution in [0.1, 0.15) is 16.9 Å². The van der Waals surface area contributed by atoms with Gasteiger partial charge in [-0.3, -0.25) is 0 Å². The molecule has 0 fully saturated rings. The van der Waals surface area contributed by atoms with Gasteiger partial charge < -0.3 is 29.3 Å². The summed E-state index contributed by atoms with van der Waals surface area (Å²) in [5.41, 5.74) is 2.26. The lowest BCUT2D eigenvalue weighted by Crippen LogP contribution is -2.39. The number of hydrogen-bond donors (Lipinski definition) is 2. The summed E-state index contributed by atoms with van der Waals surface area (Å²) < 4.78 is 21.3. The predicted octanol–water partition coefficient (Wildman–Crippen LogP) is 4.44. The lowest BCUT2D eigenvalue weighted by atomic mass is 10.1. The van der Waals surface area contributed by atoms with Gasteiger partial charge in [0.05, 0.1) is 34.1 Å². The zero-order chi connectivity index (χ0) is 22.6. The highest BCUT2D eigenvalue weighted by Gasteiger charge is 2.06. The molecular formula is C25H32IN3O4. The van der Waals surface area contributed by atoms with Crippen LogP contribution in [0.25, 0.3) is 0 Å². The van der Waals surface area contributed by atoms with E-state index in [9.17, 15) is 0 Å². The topological polar surface area (TPSA) is 77.2 Å². The number of methoxy groups -OCH3 is 3. The summed E-state index contributed by atoms with van der Waals surface area (Å²) in [6.45, 7) is 1.98. The number of aliphatic imine (C=N–C) groups is 1.